The maximum Gasteiger partial charge on any atom is 0.325 e. The molecule has 0 radical (unpaired) electrons. The summed E-state index contributed by atoms with van der Waals surface area (Å²) in [5.41, 5.74) is 1.86. The van der Waals surface area contributed by atoms with E-state index < -0.39 is 12.0 Å². The normalized spacial score (nSPS) is 18.7. The van der Waals surface area contributed by atoms with Crippen LogP contribution < -0.4 is 9.64 Å². The molecule has 1 aromatic carbocycles. The van der Waals surface area contributed by atoms with Gasteiger partial charge in [-0.05, 0) is 18.1 Å². The van der Waals surface area contributed by atoms with Gasteiger partial charge in [-0.2, -0.15) is 0 Å². The summed E-state index contributed by atoms with van der Waals surface area (Å²) in [6, 6.07) is 6.93. The lowest BCUT2D eigenvalue weighted by Crippen LogP contribution is -2.37. The number of hydrogen-bond acceptors (Lipinski definition) is 6. The topological polar surface area (TPSA) is 78.8 Å². The van der Waals surface area contributed by atoms with E-state index in [-0.39, 0.29) is 0 Å². The number of fused-ring (bicyclic) bond motifs is 1. The minimum absolute atomic E-state index is 0.623. The van der Waals surface area contributed by atoms with E-state index in [1.165, 1.54) is 0 Å². The molecule has 0 aliphatic carbocycles. The molecule has 3 heterocycles. The van der Waals surface area contributed by atoms with Crippen molar-refractivity contribution < 1.29 is 14.6 Å². The molecule has 1 fully saturated rings. The Morgan fingerprint density at radius 3 is 2.77 bits per heavy atom. The van der Waals surface area contributed by atoms with Gasteiger partial charge in [0, 0.05) is 50.6 Å². The van der Waals surface area contributed by atoms with Crippen molar-refractivity contribution in [2.75, 3.05) is 37.7 Å². The molecule has 0 spiro atoms. The van der Waals surface area contributed by atoms with Gasteiger partial charge >= 0.3 is 5.97 Å². The lowest BCUT2D eigenvalue weighted by Gasteiger charge is -2.28. The Morgan fingerprint density at radius 1 is 1.12 bits per heavy atom. The summed E-state index contributed by atoms with van der Waals surface area (Å²) >= 11 is 0. The molecule has 136 valence electrons. The summed E-state index contributed by atoms with van der Waals surface area (Å²) in [6.07, 6.45) is 5.16. The van der Waals surface area contributed by atoms with E-state index in [2.05, 4.69) is 14.9 Å². The summed E-state index contributed by atoms with van der Waals surface area (Å²) in [5, 5.41) is 9.95. The zero-order valence-corrected chi connectivity index (χ0v) is 14.5. The van der Waals surface area contributed by atoms with E-state index in [0.29, 0.717) is 32.2 Å². The number of ether oxygens (including phenoxy) is 1. The number of anilines is 1. The first-order valence-corrected chi connectivity index (χ1v) is 8.97. The van der Waals surface area contributed by atoms with Crippen LogP contribution in [-0.4, -0.2) is 58.7 Å². The molecule has 2 aliphatic heterocycles. The SMILES string of the molecule is O=C(O)[C@H](c1cccc2c1OCC2)N1CCCN(c2ncccn2)CC1. The Kier molecular flexibility index (Phi) is 4.71. The van der Waals surface area contributed by atoms with Crippen molar-refractivity contribution in [2.45, 2.75) is 18.9 Å². The van der Waals surface area contributed by atoms with Crippen molar-refractivity contribution in [3.63, 3.8) is 0 Å². The zero-order valence-electron chi connectivity index (χ0n) is 14.5. The Morgan fingerprint density at radius 2 is 1.96 bits per heavy atom. The molecule has 7 nitrogen and oxygen atoms in total. The van der Waals surface area contributed by atoms with Crippen molar-refractivity contribution in [1.29, 1.82) is 0 Å². The maximum atomic E-state index is 12.1. The third-order valence-electron chi connectivity index (χ3n) is 5.00. The number of benzene rings is 1. The van der Waals surface area contributed by atoms with Gasteiger partial charge < -0.3 is 14.7 Å². The molecule has 0 unspecified atom stereocenters. The summed E-state index contributed by atoms with van der Waals surface area (Å²) in [4.78, 5) is 24.9. The van der Waals surface area contributed by atoms with Crippen LogP contribution in [0.25, 0.3) is 0 Å². The Balaban J connectivity index is 1.57. The average Bonchev–Trinajstić information content (AvgIpc) is 3.02. The first-order chi connectivity index (χ1) is 12.7. The van der Waals surface area contributed by atoms with Gasteiger partial charge in [-0.1, -0.05) is 18.2 Å². The number of para-hydroxylation sites is 1. The maximum absolute atomic E-state index is 12.1. The standard InChI is InChI=1S/C19H22N4O3/c24-18(25)16(15-5-1-4-14-6-13-26-17(14)15)22-9-3-10-23(12-11-22)19-20-7-2-8-21-19/h1-2,4-5,7-8,16H,3,6,9-13H2,(H,24,25)/t16-/m0/s1. The minimum atomic E-state index is -0.835. The molecule has 1 atom stereocenters. The number of hydrogen-bond donors (Lipinski definition) is 1. The highest BCUT2D eigenvalue weighted by atomic mass is 16.5. The quantitative estimate of drug-likeness (QED) is 0.896. The molecule has 7 heteroatoms. The molecule has 1 aromatic heterocycles. The van der Waals surface area contributed by atoms with Crippen molar-refractivity contribution in [3.05, 3.63) is 47.8 Å². The smallest absolute Gasteiger partial charge is 0.325 e. The second kappa shape index (κ2) is 7.29. The number of nitrogens with zero attached hydrogens (tertiary/aromatic N) is 4. The van der Waals surface area contributed by atoms with Crippen LogP contribution in [0.5, 0.6) is 5.75 Å². The van der Waals surface area contributed by atoms with Crippen molar-refractivity contribution >= 4 is 11.9 Å². The predicted octanol–water partition coefficient (Wildman–Crippen LogP) is 1.75. The van der Waals surface area contributed by atoms with Gasteiger partial charge in [0.05, 0.1) is 6.61 Å². The van der Waals surface area contributed by atoms with Gasteiger partial charge in [-0.3, -0.25) is 9.69 Å². The van der Waals surface area contributed by atoms with Gasteiger partial charge in [0.25, 0.3) is 0 Å². The summed E-state index contributed by atoms with van der Waals surface area (Å²) in [5.74, 6) is 0.621. The first-order valence-electron chi connectivity index (χ1n) is 8.97. The highest BCUT2D eigenvalue weighted by Crippen LogP contribution is 2.36. The van der Waals surface area contributed by atoms with Gasteiger partial charge in [0.2, 0.25) is 5.95 Å². The van der Waals surface area contributed by atoms with Crippen LogP contribution in [0.2, 0.25) is 0 Å². The lowest BCUT2D eigenvalue weighted by molar-refractivity contribution is -0.143. The van der Waals surface area contributed by atoms with Gasteiger partial charge in [0.1, 0.15) is 11.8 Å². The third-order valence-corrected chi connectivity index (χ3v) is 5.00. The van der Waals surface area contributed by atoms with Crippen molar-refractivity contribution in [3.8, 4) is 5.75 Å². The monoisotopic (exact) mass is 354 g/mol. The molecule has 1 N–H and O–H groups in total. The van der Waals surface area contributed by atoms with E-state index >= 15 is 0 Å². The van der Waals surface area contributed by atoms with Gasteiger partial charge in [0.15, 0.2) is 0 Å². The van der Waals surface area contributed by atoms with E-state index in [4.69, 9.17) is 4.74 Å². The Bertz CT molecular complexity index is 784. The van der Waals surface area contributed by atoms with E-state index in [1.54, 1.807) is 18.5 Å². The number of carbonyl (C=O) groups is 1. The van der Waals surface area contributed by atoms with Crippen LogP contribution in [0.1, 0.15) is 23.6 Å². The molecule has 0 amide bonds. The van der Waals surface area contributed by atoms with Gasteiger partial charge in [-0.15, -0.1) is 0 Å². The largest absolute Gasteiger partial charge is 0.493 e. The number of aliphatic carboxylic acids is 1. The fourth-order valence-corrected chi connectivity index (χ4v) is 3.79. The minimum Gasteiger partial charge on any atom is -0.493 e. The summed E-state index contributed by atoms with van der Waals surface area (Å²) < 4.78 is 5.75. The van der Waals surface area contributed by atoms with Crippen LogP contribution in [0.15, 0.2) is 36.7 Å². The molecule has 1 saturated heterocycles. The van der Waals surface area contributed by atoms with E-state index in [0.717, 1.165) is 36.3 Å². The highest BCUT2D eigenvalue weighted by molar-refractivity contribution is 5.77. The zero-order chi connectivity index (χ0) is 17.9. The molecule has 2 aromatic rings. The summed E-state index contributed by atoms with van der Waals surface area (Å²) in [6.45, 7) is 3.49. The second-order valence-electron chi connectivity index (χ2n) is 6.60. The van der Waals surface area contributed by atoms with Crippen LogP contribution in [0, 0.1) is 0 Å². The van der Waals surface area contributed by atoms with Gasteiger partial charge in [-0.25, -0.2) is 9.97 Å². The van der Waals surface area contributed by atoms with Crippen LogP contribution in [0.3, 0.4) is 0 Å². The average molecular weight is 354 g/mol. The molecule has 0 saturated carbocycles. The molecule has 26 heavy (non-hydrogen) atoms. The van der Waals surface area contributed by atoms with Crippen LogP contribution >= 0.6 is 0 Å². The number of carboxylic acid groups (broad SMARTS) is 1. The summed E-state index contributed by atoms with van der Waals surface area (Å²) in [7, 11) is 0. The van der Waals surface area contributed by atoms with Crippen LogP contribution in [-0.2, 0) is 11.2 Å². The van der Waals surface area contributed by atoms with Crippen molar-refractivity contribution in [2.24, 2.45) is 0 Å². The predicted molar refractivity (Wildman–Crippen MR) is 96.5 cm³/mol. The van der Waals surface area contributed by atoms with Crippen LogP contribution in [0.4, 0.5) is 5.95 Å². The number of rotatable bonds is 4. The molecular weight excluding hydrogens is 332 g/mol. The van der Waals surface area contributed by atoms with Crippen molar-refractivity contribution in [1.82, 2.24) is 14.9 Å². The Hall–Kier alpha value is -2.67. The third kappa shape index (κ3) is 3.22. The molecule has 0 bridgehead atoms. The fraction of sp³-hybridized carbons (Fsp3) is 0.421. The second-order valence-corrected chi connectivity index (χ2v) is 6.60. The number of aromatic nitrogens is 2. The van der Waals surface area contributed by atoms with E-state index in [9.17, 15) is 9.90 Å². The molecule has 4 rings (SSSR count). The molecule has 2 aliphatic rings. The van der Waals surface area contributed by atoms with E-state index in [1.807, 2.05) is 23.1 Å². The Labute approximate surface area is 152 Å². The first kappa shape index (κ1) is 16.8. The number of carboxylic acids is 1. The highest BCUT2D eigenvalue weighted by Gasteiger charge is 2.33. The fourth-order valence-electron chi connectivity index (χ4n) is 3.79. The lowest BCUT2D eigenvalue weighted by atomic mass is 10.0. The molecular formula is C19H22N4O3.